The van der Waals surface area contributed by atoms with Crippen LogP contribution in [0.4, 0.5) is 5.69 Å². The van der Waals surface area contributed by atoms with E-state index in [1.807, 2.05) is 0 Å². The van der Waals surface area contributed by atoms with E-state index in [9.17, 15) is 20.1 Å². The molecule has 1 aliphatic heterocycles. The standard InChI is InChI=1S/C13H18N2O6/c1-14-8-5-3-2-4-7(8)12(19)15-21-13-11(18)10(17)9(16)6-20-13/h2-5,9-11,13-14,16-18H,6H2,1H3,(H,15,19). The maximum absolute atomic E-state index is 12.0. The third-order valence-electron chi connectivity index (χ3n) is 3.16. The fourth-order valence-electron chi connectivity index (χ4n) is 1.95. The number of nitrogens with one attached hydrogen (secondary N) is 2. The van der Waals surface area contributed by atoms with Gasteiger partial charge in [0.1, 0.15) is 18.3 Å². The fraction of sp³-hybridized carbons (Fsp3) is 0.462. The minimum atomic E-state index is -1.46. The predicted octanol–water partition coefficient (Wildman–Crippen LogP) is -1.17. The molecule has 1 amide bonds. The van der Waals surface area contributed by atoms with Crippen LogP contribution in [0.3, 0.4) is 0 Å². The lowest BCUT2D eigenvalue weighted by Crippen LogP contribution is -2.55. The molecule has 0 saturated carbocycles. The lowest BCUT2D eigenvalue weighted by atomic mass is 10.1. The molecule has 0 aliphatic carbocycles. The van der Waals surface area contributed by atoms with Gasteiger partial charge >= 0.3 is 0 Å². The van der Waals surface area contributed by atoms with E-state index in [4.69, 9.17) is 9.57 Å². The zero-order valence-corrected chi connectivity index (χ0v) is 11.4. The largest absolute Gasteiger partial charge is 0.388 e. The van der Waals surface area contributed by atoms with Crippen LogP contribution in [0, 0.1) is 0 Å². The molecule has 0 radical (unpaired) electrons. The Bertz CT molecular complexity index is 497. The summed E-state index contributed by atoms with van der Waals surface area (Å²) in [6.07, 6.45) is -5.31. The van der Waals surface area contributed by atoms with Crippen LogP contribution in [0.2, 0.25) is 0 Å². The lowest BCUT2D eigenvalue weighted by molar-refractivity contribution is -0.282. The van der Waals surface area contributed by atoms with Crippen LogP contribution in [0.5, 0.6) is 0 Å². The highest BCUT2D eigenvalue weighted by atomic mass is 16.8. The summed E-state index contributed by atoms with van der Waals surface area (Å²) in [5, 5.41) is 31.3. The first-order chi connectivity index (χ1) is 10.0. The number of carbonyl (C=O) groups is 1. The molecule has 1 fully saturated rings. The second kappa shape index (κ2) is 6.83. The van der Waals surface area contributed by atoms with Gasteiger partial charge in [-0.2, -0.15) is 0 Å². The molecule has 1 saturated heterocycles. The third kappa shape index (κ3) is 3.49. The van der Waals surface area contributed by atoms with Crippen molar-refractivity contribution in [2.45, 2.75) is 24.6 Å². The number of amides is 1. The number of rotatable bonds is 4. The number of hydrogen-bond donors (Lipinski definition) is 5. The molecular weight excluding hydrogens is 280 g/mol. The van der Waals surface area contributed by atoms with E-state index < -0.39 is 30.5 Å². The predicted molar refractivity (Wildman–Crippen MR) is 72.3 cm³/mol. The van der Waals surface area contributed by atoms with Crippen molar-refractivity contribution in [1.29, 1.82) is 0 Å². The molecule has 2 rings (SSSR count). The van der Waals surface area contributed by atoms with Crippen LogP contribution in [0.15, 0.2) is 24.3 Å². The Morgan fingerprint density at radius 3 is 2.71 bits per heavy atom. The van der Waals surface area contributed by atoms with E-state index in [1.165, 1.54) is 0 Å². The van der Waals surface area contributed by atoms with E-state index in [2.05, 4.69) is 10.8 Å². The number of para-hydroxylation sites is 1. The van der Waals surface area contributed by atoms with Crippen LogP contribution >= 0.6 is 0 Å². The summed E-state index contributed by atoms with van der Waals surface area (Å²) >= 11 is 0. The van der Waals surface area contributed by atoms with Crippen LogP contribution in [-0.4, -0.2) is 59.5 Å². The van der Waals surface area contributed by atoms with Crippen LogP contribution in [-0.2, 0) is 9.57 Å². The number of aliphatic hydroxyl groups excluding tert-OH is 3. The average molecular weight is 298 g/mol. The summed E-state index contributed by atoms with van der Waals surface area (Å²) in [7, 11) is 1.68. The molecule has 1 aliphatic rings. The van der Waals surface area contributed by atoms with Crippen LogP contribution < -0.4 is 10.8 Å². The SMILES string of the molecule is CNc1ccccc1C(=O)NOC1OCC(O)C(O)C1O. The fourth-order valence-corrected chi connectivity index (χ4v) is 1.95. The van der Waals surface area contributed by atoms with Crippen molar-refractivity contribution >= 4 is 11.6 Å². The summed E-state index contributed by atoms with van der Waals surface area (Å²) in [6, 6.07) is 6.79. The zero-order valence-electron chi connectivity index (χ0n) is 11.4. The van der Waals surface area contributed by atoms with E-state index >= 15 is 0 Å². The van der Waals surface area contributed by atoms with Gasteiger partial charge in [0, 0.05) is 12.7 Å². The maximum atomic E-state index is 12.0. The lowest BCUT2D eigenvalue weighted by Gasteiger charge is -2.34. The molecule has 0 bridgehead atoms. The molecule has 4 unspecified atom stereocenters. The van der Waals surface area contributed by atoms with Gasteiger partial charge in [-0.15, -0.1) is 0 Å². The summed E-state index contributed by atoms with van der Waals surface area (Å²) in [5.41, 5.74) is 3.12. The minimum Gasteiger partial charge on any atom is -0.388 e. The quantitative estimate of drug-likeness (QED) is 0.444. The molecule has 4 atom stereocenters. The molecule has 8 nitrogen and oxygen atoms in total. The number of hydroxylamine groups is 1. The van der Waals surface area contributed by atoms with Gasteiger partial charge in [0.25, 0.3) is 5.91 Å². The smallest absolute Gasteiger partial charge is 0.277 e. The topological polar surface area (TPSA) is 120 Å². The van der Waals surface area contributed by atoms with Gasteiger partial charge in [-0.3, -0.25) is 4.79 Å². The third-order valence-corrected chi connectivity index (χ3v) is 3.16. The van der Waals surface area contributed by atoms with E-state index in [-0.39, 0.29) is 6.61 Å². The van der Waals surface area contributed by atoms with Crippen molar-refractivity contribution in [2.24, 2.45) is 0 Å². The van der Waals surface area contributed by atoms with Gasteiger partial charge in [0.15, 0.2) is 0 Å². The molecule has 0 aromatic heterocycles. The van der Waals surface area contributed by atoms with Gasteiger partial charge in [-0.05, 0) is 12.1 Å². The van der Waals surface area contributed by atoms with Crippen molar-refractivity contribution in [2.75, 3.05) is 19.0 Å². The number of benzene rings is 1. The average Bonchev–Trinajstić information content (AvgIpc) is 2.51. The second-order valence-corrected chi connectivity index (χ2v) is 4.59. The summed E-state index contributed by atoms with van der Waals surface area (Å²) in [6.45, 7) is -0.203. The molecule has 116 valence electrons. The molecule has 1 aromatic carbocycles. The maximum Gasteiger partial charge on any atom is 0.277 e. The van der Waals surface area contributed by atoms with Crippen molar-refractivity contribution < 1.29 is 29.7 Å². The second-order valence-electron chi connectivity index (χ2n) is 4.59. The Kier molecular flexibility index (Phi) is 5.10. The summed E-state index contributed by atoms with van der Waals surface area (Å²) in [4.78, 5) is 17.0. The number of aliphatic hydroxyl groups is 3. The van der Waals surface area contributed by atoms with E-state index in [0.29, 0.717) is 11.3 Å². The highest BCUT2D eigenvalue weighted by Gasteiger charge is 2.38. The van der Waals surface area contributed by atoms with Crippen molar-refractivity contribution in [3.8, 4) is 0 Å². The van der Waals surface area contributed by atoms with E-state index in [0.717, 1.165) is 0 Å². The Labute approximate surface area is 121 Å². The molecule has 1 aromatic rings. The first-order valence-corrected chi connectivity index (χ1v) is 6.43. The highest BCUT2D eigenvalue weighted by Crippen LogP contribution is 2.17. The molecule has 21 heavy (non-hydrogen) atoms. The van der Waals surface area contributed by atoms with E-state index in [1.54, 1.807) is 31.3 Å². The van der Waals surface area contributed by atoms with Crippen molar-refractivity contribution in [3.05, 3.63) is 29.8 Å². The Morgan fingerprint density at radius 1 is 1.29 bits per heavy atom. The Hall–Kier alpha value is -1.71. The highest BCUT2D eigenvalue weighted by molar-refractivity contribution is 5.98. The van der Waals surface area contributed by atoms with Crippen molar-refractivity contribution in [3.63, 3.8) is 0 Å². The molecule has 8 heteroatoms. The first-order valence-electron chi connectivity index (χ1n) is 6.43. The Balaban J connectivity index is 1.95. The van der Waals surface area contributed by atoms with Gasteiger partial charge < -0.3 is 25.4 Å². The molecule has 1 heterocycles. The number of hydrogen-bond acceptors (Lipinski definition) is 7. The number of ether oxygens (including phenoxy) is 1. The molecule has 5 N–H and O–H groups in total. The number of anilines is 1. The van der Waals surface area contributed by atoms with Crippen LogP contribution in [0.1, 0.15) is 10.4 Å². The van der Waals surface area contributed by atoms with Gasteiger partial charge in [-0.1, -0.05) is 12.1 Å². The monoisotopic (exact) mass is 298 g/mol. The summed E-state index contributed by atoms with van der Waals surface area (Å²) < 4.78 is 5.00. The summed E-state index contributed by atoms with van der Waals surface area (Å²) in [5.74, 6) is -0.531. The Morgan fingerprint density at radius 2 is 2.00 bits per heavy atom. The van der Waals surface area contributed by atoms with Gasteiger partial charge in [0.2, 0.25) is 6.29 Å². The van der Waals surface area contributed by atoms with Crippen molar-refractivity contribution in [1.82, 2.24) is 5.48 Å². The first kappa shape index (κ1) is 15.7. The zero-order chi connectivity index (χ0) is 15.4. The number of carbonyl (C=O) groups excluding carboxylic acids is 1. The van der Waals surface area contributed by atoms with Gasteiger partial charge in [0.05, 0.1) is 12.2 Å². The molecule has 0 spiro atoms. The molecular formula is C13H18N2O6. The normalized spacial score (nSPS) is 29.0. The minimum absolute atomic E-state index is 0.203. The van der Waals surface area contributed by atoms with Crippen LogP contribution in [0.25, 0.3) is 0 Å². The van der Waals surface area contributed by atoms with Gasteiger partial charge in [-0.25, -0.2) is 10.3 Å².